The topological polar surface area (TPSA) is 81.4 Å². The first-order valence-electron chi connectivity index (χ1n) is 9.42. The second-order valence-corrected chi connectivity index (χ2v) is 6.91. The fourth-order valence-corrected chi connectivity index (χ4v) is 3.43. The van der Waals surface area contributed by atoms with Gasteiger partial charge in [0.1, 0.15) is 17.0 Å². The molecule has 4 rings (SSSR count). The van der Waals surface area contributed by atoms with Crippen LogP contribution in [0.4, 0.5) is 0 Å². The summed E-state index contributed by atoms with van der Waals surface area (Å²) in [6, 6.07) is 9.29. The Morgan fingerprint density at radius 3 is 2.68 bits per heavy atom. The number of likely N-dealkylation sites (tertiary alicyclic amines) is 1. The van der Waals surface area contributed by atoms with Gasteiger partial charge in [-0.25, -0.2) is 4.98 Å². The standard InChI is InChI=1S/C21H22N4O3/c1-15-19(20(24-28-15)17-5-10-22-11-6-17)21(26)25-12-7-16(8-13-25)14-27-18-4-2-3-9-23-18/h2-6,9-11,16H,7-8,12-14H2,1H3. The van der Waals surface area contributed by atoms with Crippen molar-refractivity contribution < 1.29 is 14.1 Å². The number of nitrogens with zero attached hydrogens (tertiary/aromatic N) is 4. The molecule has 1 aliphatic heterocycles. The lowest BCUT2D eigenvalue weighted by Crippen LogP contribution is -2.40. The molecule has 0 unspecified atom stereocenters. The van der Waals surface area contributed by atoms with E-state index in [1.165, 1.54) is 0 Å². The van der Waals surface area contributed by atoms with Crippen molar-refractivity contribution in [3.63, 3.8) is 0 Å². The van der Waals surface area contributed by atoms with Gasteiger partial charge in [-0.15, -0.1) is 0 Å². The molecule has 0 radical (unpaired) electrons. The first-order valence-corrected chi connectivity index (χ1v) is 9.42. The lowest BCUT2D eigenvalue weighted by Gasteiger charge is -2.31. The van der Waals surface area contributed by atoms with Gasteiger partial charge >= 0.3 is 0 Å². The molecule has 7 nitrogen and oxygen atoms in total. The van der Waals surface area contributed by atoms with E-state index < -0.39 is 0 Å². The highest BCUT2D eigenvalue weighted by Crippen LogP contribution is 2.28. The SMILES string of the molecule is Cc1onc(-c2ccncc2)c1C(=O)N1CCC(COc2ccccn2)CC1. The predicted molar refractivity (Wildman–Crippen MR) is 103 cm³/mol. The molecule has 4 heterocycles. The average Bonchev–Trinajstić information content (AvgIpc) is 3.15. The summed E-state index contributed by atoms with van der Waals surface area (Å²) in [5.74, 6) is 1.56. The van der Waals surface area contributed by atoms with Gasteiger partial charge in [0, 0.05) is 43.3 Å². The number of carbonyl (C=O) groups is 1. The van der Waals surface area contributed by atoms with Gasteiger partial charge in [-0.2, -0.15) is 0 Å². The molecule has 0 bridgehead atoms. The highest BCUT2D eigenvalue weighted by Gasteiger charge is 2.29. The van der Waals surface area contributed by atoms with E-state index in [1.807, 2.05) is 35.2 Å². The van der Waals surface area contributed by atoms with E-state index in [0.29, 0.717) is 48.5 Å². The number of pyridine rings is 2. The minimum atomic E-state index is -0.0327. The summed E-state index contributed by atoms with van der Waals surface area (Å²) in [5.41, 5.74) is 1.94. The Kier molecular flexibility index (Phi) is 5.32. The van der Waals surface area contributed by atoms with Crippen molar-refractivity contribution in [3.8, 4) is 17.1 Å². The van der Waals surface area contributed by atoms with Crippen molar-refractivity contribution in [2.75, 3.05) is 19.7 Å². The van der Waals surface area contributed by atoms with E-state index in [-0.39, 0.29) is 5.91 Å². The molecule has 1 saturated heterocycles. The summed E-state index contributed by atoms with van der Waals surface area (Å²) < 4.78 is 11.1. The zero-order valence-electron chi connectivity index (χ0n) is 15.7. The Bertz CT molecular complexity index is 919. The van der Waals surface area contributed by atoms with Crippen molar-refractivity contribution in [2.45, 2.75) is 19.8 Å². The number of aromatic nitrogens is 3. The molecule has 1 fully saturated rings. The molecule has 144 valence electrons. The summed E-state index contributed by atoms with van der Waals surface area (Å²) >= 11 is 0. The fraction of sp³-hybridized carbons (Fsp3) is 0.333. The largest absolute Gasteiger partial charge is 0.477 e. The molecule has 0 saturated carbocycles. The van der Waals surface area contributed by atoms with Gasteiger partial charge in [-0.3, -0.25) is 9.78 Å². The van der Waals surface area contributed by atoms with E-state index in [9.17, 15) is 4.79 Å². The molecule has 0 N–H and O–H groups in total. The van der Waals surface area contributed by atoms with Gasteiger partial charge in [0.15, 0.2) is 0 Å². The second kappa shape index (κ2) is 8.21. The summed E-state index contributed by atoms with van der Waals surface area (Å²) in [5, 5.41) is 4.10. The van der Waals surface area contributed by atoms with Crippen molar-refractivity contribution >= 4 is 5.91 Å². The Morgan fingerprint density at radius 2 is 1.96 bits per heavy atom. The second-order valence-electron chi connectivity index (χ2n) is 6.91. The Hall–Kier alpha value is -3.22. The zero-order valence-corrected chi connectivity index (χ0v) is 15.7. The van der Waals surface area contributed by atoms with Crippen LogP contribution in [-0.2, 0) is 0 Å². The van der Waals surface area contributed by atoms with Gasteiger partial charge in [0.25, 0.3) is 5.91 Å². The lowest BCUT2D eigenvalue weighted by molar-refractivity contribution is 0.0658. The van der Waals surface area contributed by atoms with E-state index in [2.05, 4.69) is 15.1 Å². The molecule has 3 aromatic rings. The van der Waals surface area contributed by atoms with Gasteiger partial charge in [0.2, 0.25) is 5.88 Å². The predicted octanol–water partition coefficient (Wildman–Crippen LogP) is 3.37. The number of piperidine rings is 1. The summed E-state index contributed by atoms with van der Waals surface area (Å²) in [6.07, 6.45) is 6.88. The first-order chi connectivity index (χ1) is 13.7. The Labute approximate surface area is 163 Å². The van der Waals surface area contributed by atoms with Crippen LogP contribution in [0.25, 0.3) is 11.3 Å². The Morgan fingerprint density at radius 1 is 1.18 bits per heavy atom. The number of hydrogen-bond acceptors (Lipinski definition) is 6. The van der Waals surface area contributed by atoms with Crippen LogP contribution >= 0.6 is 0 Å². The maximum absolute atomic E-state index is 13.1. The van der Waals surface area contributed by atoms with Gasteiger partial charge in [0.05, 0.1) is 6.61 Å². The highest BCUT2D eigenvalue weighted by molar-refractivity contribution is 6.00. The van der Waals surface area contributed by atoms with E-state index in [4.69, 9.17) is 9.26 Å². The molecule has 7 heteroatoms. The number of amides is 1. The molecule has 28 heavy (non-hydrogen) atoms. The quantitative estimate of drug-likeness (QED) is 0.677. The minimum absolute atomic E-state index is 0.0327. The van der Waals surface area contributed by atoms with E-state index in [1.54, 1.807) is 25.5 Å². The van der Waals surface area contributed by atoms with Gasteiger partial charge in [-0.1, -0.05) is 11.2 Å². The van der Waals surface area contributed by atoms with E-state index in [0.717, 1.165) is 18.4 Å². The number of aryl methyl sites for hydroxylation is 1. The van der Waals surface area contributed by atoms with Crippen LogP contribution in [0.3, 0.4) is 0 Å². The normalized spacial score (nSPS) is 14.8. The van der Waals surface area contributed by atoms with Crippen LogP contribution in [0.5, 0.6) is 5.88 Å². The van der Waals surface area contributed by atoms with Gasteiger partial charge < -0.3 is 14.2 Å². The van der Waals surface area contributed by atoms with Crippen molar-refractivity contribution in [3.05, 3.63) is 60.2 Å². The van der Waals surface area contributed by atoms with Crippen LogP contribution < -0.4 is 4.74 Å². The molecular weight excluding hydrogens is 356 g/mol. The average molecular weight is 378 g/mol. The lowest BCUT2D eigenvalue weighted by atomic mass is 9.96. The van der Waals surface area contributed by atoms with Crippen LogP contribution in [0.2, 0.25) is 0 Å². The number of ether oxygens (including phenoxy) is 1. The molecule has 0 aliphatic carbocycles. The van der Waals surface area contributed by atoms with E-state index >= 15 is 0 Å². The van der Waals surface area contributed by atoms with Crippen molar-refractivity contribution in [1.29, 1.82) is 0 Å². The third-order valence-electron chi connectivity index (χ3n) is 5.04. The molecule has 1 aliphatic rings. The van der Waals surface area contributed by atoms with Crippen LogP contribution in [0, 0.1) is 12.8 Å². The molecule has 1 amide bonds. The zero-order chi connectivity index (χ0) is 19.3. The maximum Gasteiger partial charge on any atom is 0.259 e. The monoisotopic (exact) mass is 378 g/mol. The minimum Gasteiger partial charge on any atom is -0.477 e. The summed E-state index contributed by atoms with van der Waals surface area (Å²) in [4.78, 5) is 23.2. The van der Waals surface area contributed by atoms with Crippen molar-refractivity contribution in [2.24, 2.45) is 5.92 Å². The summed E-state index contributed by atoms with van der Waals surface area (Å²) in [6.45, 7) is 3.77. The summed E-state index contributed by atoms with van der Waals surface area (Å²) in [7, 11) is 0. The fourth-order valence-electron chi connectivity index (χ4n) is 3.43. The third-order valence-corrected chi connectivity index (χ3v) is 5.04. The Balaban J connectivity index is 1.39. The van der Waals surface area contributed by atoms with Crippen LogP contribution in [0.1, 0.15) is 29.0 Å². The number of hydrogen-bond donors (Lipinski definition) is 0. The number of carbonyl (C=O) groups excluding carboxylic acids is 1. The molecule has 0 aromatic carbocycles. The molecule has 0 spiro atoms. The number of rotatable bonds is 5. The third kappa shape index (κ3) is 3.88. The molecular formula is C21H22N4O3. The van der Waals surface area contributed by atoms with Gasteiger partial charge in [-0.05, 0) is 43.9 Å². The smallest absolute Gasteiger partial charge is 0.259 e. The van der Waals surface area contributed by atoms with Crippen LogP contribution in [-0.4, -0.2) is 45.6 Å². The highest BCUT2D eigenvalue weighted by atomic mass is 16.5. The molecule has 3 aromatic heterocycles. The first kappa shape index (κ1) is 18.2. The maximum atomic E-state index is 13.1. The van der Waals surface area contributed by atoms with Crippen LogP contribution in [0.15, 0.2) is 53.4 Å². The van der Waals surface area contributed by atoms with Crippen molar-refractivity contribution in [1.82, 2.24) is 20.0 Å². The molecule has 0 atom stereocenters.